The van der Waals surface area contributed by atoms with Gasteiger partial charge in [-0.25, -0.2) is 8.42 Å². The Hall–Kier alpha value is -3.07. The first-order chi connectivity index (χ1) is 18.8. The lowest BCUT2D eigenvalue weighted by Gasteiger charge is -2.33. The fraction of sp³-hybridized carbons (Fsp3) is 0.333. The number of carbonyl (C=O) groups excluding carboxylic acids is 2. The van der Waals surface area contributed by atoms with Gasteiger partial charge in [-0.15, -0.1) is 0 Å². The van der Waals surface area contributed by atoms with E-state index >= 15 is 0 Å². The molecular formula is C30H35Cl2N3O4S. The van der Waals surface area contributed by atoms with E-state index in [4.69, 9.17) is 23.2 Å². The van der Waals surface area contributed by atoms with Crippen LogP contribution in [0.15, 0.2) is 71.6 Å². The Bertz CT molecular complexity index is 1460. The summed E-state index contributed by atoms with van der Waals surface area (Å²) >= 11 is 12.3. The van der Waals surface area contributed by atoms with Gasteiger partial charge in [-0.3, -0.25) is 13.9 Å². The van der Waals surface area contributed by atoms with Crippen molar-refractivity contribution in [2.45, 2.75) is 64.6 Å². The maximum absolute atomic E-state index is 14.1. The van der Waals surface area contributed by atoms with Crippen LogP contribution in [-0.2, 0) is 26.2 Å². The predicted molar refractivity (Wildman–Crippen MR) is 161 cm³/mol. The molecule has 0 radical (unpaired) electrons. The monoisotopic (exact) mass is 603 g/mol. The van der Waals surface area contributed by atoms with E-state index in [0.717, 1.165) is 15.4 Å². The van der Waals surface area contributed by atoms with Gasteiger partial charge in [-0.05, 0) is 87.2 Å². The molecule has 0 aliphatic carbocycles. The molecule has 0 saturated carbocycles. The molecule has 3 rings (SSSR count). The Labute approximate surface area is 247 Å². The van der Waals surface area contributed by atoms with Crippen molar-refractivity contribution in [2.75, 3.05) is 10.8 Å². The van der Waals surface area contributed by atoms with Gasteiger partial charge < -0.3 is 10.2 Å². The van der Waals surface area contributed by atoms with Crippen molar-refractivity contribution >= 4 is 50.7 Å². The molecule has 1 atom stereocenters. The number of halogens is 2. The second-order valence-corrected chi connectivity index (χ2v) is 12.6. The second kappa shape index (κ2) is 13.5. The first-order valence-electron chi connectivity index (χ1n) is 13.0. The van der Waals surface area contributed by atoms with E-state index < -0.39 is 28.5 Å². The highest BCUT2D eigenvalue weighted by Gasteiger charge is 2.34. The molecule has 0 spiro atoms. The van der Waals surface area contributed by atoms with Crippen LogP contribution < -0.4 is 9.62 Å². The van der Waals surface area contributed by atoms with Gasteiger partial charge in [-0.2, -0.15) is 0 Å². The molecular weight excluding hydrogens is 569 g/mol. The number of anilines is 1. The predicted octanol–water partition coefficient (Wildman–Crippen LogP) is 6.14. The van der Waals surface area contributed by atoms with E-state index in [0.29, 0.717) is 27.7 Å². The molecule has 0 aliphatic rings. The zero-order chi connectivity index (χ0) is 29.6. The Balaban J connectivity index is 2.09. The number of aryl methyl sites for hydroxylation is 2. The largest absolute Gasteiger partial charge is 0.352 e. The van der Waals surface area contributed by atoms with Crippen LogP contribution in [0.2, 0.25) is 10.0 Å². The van der Waals surface area contributed by atoms with Crippen LogP contribution in [-0.4, -0.2) is 43.8 Å². The smallest absolute Gasteiger partial charge is 0.264 e. The van der Waals surface area contributed by atoms with Crippen LogP contribution in [0.3, 0.4) is 0 Å². The van der Waals surface area contributed by atoms with Crippen LogP contribution >= 0.6 is 23.2 Å². The number of nitrogens with one attached hydrogen (secondary N) is 1. The normalized spacial score (nSPS) is 12.2. The molecule has 0 bridgehead atoms. The molecule has 0 heterocycles. The molecule has 1 N–H and O–H groups in total. The summed E-state index contributed by atoms with van der Waals surface area (Å²) in [6.07, 6.45) is 0.320. The number of amides is 2. The topological polar surface area (TPSA) is 86.8 Å². The van der Waals surface area contributed by atoms with Crippen LogP contribution in [0.5, 0.6) is 0 Å². The summed E-state index contributed by atoms with van der Waals surface area (Å²) in [6, 6.07) is 17.2. The van der Waals surface area contributed by atoms with Crippen LogP contribution in [0.25, 0.3) is 0 Å². The summed E-state index contributed by atoms with van der Waals surface area (Å²) in [4.78, 5) is 28.8. The summed E-state index contributed by atoms with van der Waals surface area (Å²) in [7, 11) is -4.12. The summed E-state index contributed by atoms with van der Waals surface area (Å²) in [5, 5.41) is 3.56. The summed E-state index contributed by atoms with van der Waals surface area (Å²) < 4.78 is 28.9. The number of sulfonamides is 1. The first kappa shape index (κ1) is 31.5. The lowest BCUT2D eigenvalue weighted by atomic mass is 10.1. The van der Waals surface area contributed by atoms with Crippen molar-refractivity contribution in [1.29, 1.82) is 0 Å². The third kappa shape index (κ3) is 7.56. The Morgan fingerprint density at radius 3 is 2.15 bits per heavy atom. The van der Waals surface area contributed by atoms with Crippen LogP contribution in [0, 0.1) is 13.8 Å². The fourth-order valence-corrected chi connectivity index (χ4v) is 6.01. The molecule has 3 aromatic carbocycles. The summed E-state index contributed by atoms with van der Waals surface area (Å²) in [5.74, 6) is -0.857. The summed E-state index contributed by atoms with van der Waals surface area (Å²) in [5.41, 5.74) is 2.88. The molecule has 0 fully saturated rings. The van der Waals surface area contributed by atoms with E-state index in [9.17, 15) is 18.0 Å². The van der Waals surface area contributed by atoms with E-state index in [2.05, 4.69) is 5.32 Å². The number of benzene rings is 3. The quantitative estimate of drug-likeness (QED) is 0.285. The Morgan fingerprint density at radius 2 is 1.57 bits per heavy atom. The van der Waals surface area contributed by atoms with Gasteiger partial charge in [0.05, 0.1) is 20.6 Å². The number of hydrogen-bond donors (Lipinski definition) is 1. The SMILES string of the molecule is CC[C@@H](C(=O)NC(C)C)N(Cc1ccc(Cl)c(Cl)c1)C(=O)CN(c1ccc(C)c(C)c1)S(=O)(=O)c1ccccc1. The lowest BCUT2D eigenvalue weighted by molar-refractivity contribution is -0.140. The number of carbonyl (C=O) groups is 2. The minimum atomic E-state index is -4.12. The number of nitrogens with zero attached hydrogens (tertiary/aromatic N) is 2. The van der Waals surface area contributed by atoms with Crippen LogP contribution in [0.4, 0.5) is 5.69 Å². The third-order valence-electron chi connectivity index (χ3n) is 6.54. The standard InChI is InChI=1S/C30H35Cl2N3O4S/c1-6-28(30(37)33-20(2)3)34(18-23-13-15-26(31)27(32)17-23)29(36)19-35(24-14-12-21(4)22(5)16-24)40(38,39)25-10-8-7-9-11-25/h7-17,20,28H,6,18-19H2,1-5H3,(H,33,37)/t28-/m0/s1. The third-order valence-corrected chi connectivity index (χ3v) is 9.07. The van der Waals surface area contributed by atoms with Gasteiger partial charge in [0, 0.05) is 12.6 Å². The minimum Gasteiger partial charge on any atom is -0.352 e. The molecule has 214 valence electrons. The average molecular weight is 605 g/mol. The molecule has 7 nitrogen and oxygen atoms in total. The second-order valence-electron chi connectivity index (χ2n) is 9.95. The van der Waals surface area contributed by atoms with Crippen molar-refractivity contribution in [3.8, 4) is 0 Å². The highest BCUT2D eigenvalue weighted by Crippen LogP contribution is 2.28. The minimum absolute atomic E-state index is 0.0336. The Morgan fingerprint density at radius 1 is 0.900 bits per heavy atom. The molecule has 0 aliphatic heterocycles. The average Bonchev–Trinajstić information content (AvgIpc) is 2.90. The summed E-state index contributed by atoms with van der Waals surface area (Å²) in [6.45, 7) is 8.82. The molecule has 0 unspecified atom stereocenters. The highest BCUT2D eigenvalue weighted by molar-refractivity contribution is 7.92. The highest BCUT2D eigenvalue weighted by atomic mass is 35.5. The number of hydrogen-bond acceptors (Lipinski definition) is 4. The molecule has 40 heavy (non-hydrogen) atoms. The molecule has 0 saturated heterocycles. The number of rotatable bonds is 11. The fourth-order valence-electron chi connectivity index (χ4n) is 4.26. The van der Waals surface area contributed by atoms with Gasteiger partial charge >= 0.3 is 0 Å². The van der Waals surface area contributed by atoms with E-state index in [1.807, 2.05) is 40.7 Å². The van der Waals surface area contributed by atoms with Crippen molar-refractivity contribution in [2.24, 2.45) is 0 Å². The van der Waals surface area contributed by atoms with E-state index in [1.165, 1.54) is 17.0 Å². The zero-order valence-electron chi connectivity index (χ0n) is 23.3. The molecule has 10 heteroatoms. The van der Waals surface area contributed by atoms with Crippen molar-refractivity contribution in [1.82, 2.24) is 10.2 Å². The zero-order valence-corrected chi connectivity index (χ0v) is 25.6. The molecule has 3 aromatic rings. The molecule has 2 amide bonds. The van der Waals surface area contributed by atoms with Gasteiger partial charge in [0.2, 0.25) is 11.8 Å². The maximum atomic E-state index is 14.1. The van der Waals surface area contributed by atoms with E-state index in [-0.39, 0.29) is 23.4 Å². The van der Waals surface area contributed by atoms with Crippen molar-refractivity contribution in [3.63, 3.8) is 0 Å². The molecule has 0 aromatic heterocycles. The maximum Gasteiger partial charge on any atom is 0.264 e. The van der Waals surface area contributed by atoms with Crippen molar-refractivity contribution < 1.29 is 18.0 Å². The van der Waals surface area contributed by atoms with Gasteiger partial charge in [0.25, 0.3) is 10.0 Å². The Kier molecular flexibility index (Phi) is 10.6. The van der Waals surface area contributed by atoms with E-state index in [1.54, 1.807) is 48.5 Å². The van der Waals surface area contributed by atoms with Gasteiger partial charge in [0.1, 0.15) is 12.6 Å². The van der Waals surface area contributed by atoms with Crippen molar-refractivity contribution in [3.05, 3.63) is 93.5 Å². The van der Waals surface area contributed by atoms with Gasteiger partial charge in [0.15, 0.2) is 0 Å². The van der Waals surface area contributed by atoms with Crippen LogP contribution in [0.1, 0.15) is 43.9 Å². The first-order valence-corrected chi connectivity index (χ1v) is 15.2. The lowest BCUT2D eigenvalue weighted by Crippen LogP contribution is -2.53. The van der Waals surface area contributed by atoms with Gasteiger partial charge in [-0.1, -0.05) is 60.5 Å².